The first-order valence-electron chi connectivity index (χ1n) is 5.61. The normalized spacial score (nSPS) is 11.2. The molecule has 0 spiro atoms. The predicted octanol–water partition coefficient (Wildman–Crippen LogP) is 1.88. The van der Waals surface area contributed by atoms with Crippen molar-refractivity contribution in [3.05, 3.63) is 17.8 Å². The Labute approximate surface area is 108 Å². The van der Waals surface area contributed by atoms with E-state index >= 15 is 0 Å². The lowest BCUT2D eigenvalue weighted by molar-refractivity contribution is -0.142. The number of nitrogens with zero attached hydrogens (tertiary/aromatic N) is 3. The van der Waals surface area contributed by atoms with Gasteiger partial charge in [0, 0.05) is 6.54 Å². The number of esters is 1. The molecule has 1 aromatic rings. The van der Waals surface area contributed by atoms with Gasteiger partial charge in [-0.25, -0.2) is 0 Å². The van der Waals surface area contributed by atoms with E-state index in [2.05, 4.69) is 14.9 Å². The van der Waals surface area contributed by atoms with Gasteiger partial charge in [0.1, 0.15) is 6.54 Å². The topological polar surface area (TPSA) is 55.3 Å². The van der Waals surface area contributed by atoms with Crippen molar-refractivity contribution in [2.24, 2.45) is 0 Å². The van der Waals surface area contributed by atoms with Crippen molar-refractivity contribution in [2.75, 3.05) is 25.1 Å². The minimum atomic E-state index is -4.52. The maximum atomic E-state index is 12.3. The number of hydrogen-bond acceptors (Lipinski definition) is 5. The van der Waals surface area contributed by atoms with Gasteiger partial charge in [-0.05, 0) is 18.6 Å². The molecular weight excluding hydrogens is 263 g/mol. The van der Waals surface area contributed by atoms with Crippen molar-refractivity contribution >= 4 is 11.8 Å². The van der Waals surface area contributed by atoms with Crippen LogP contribution in [0.4, 0.5) is 19.0 Å². The van der Waals surface area contributed by atoms with Gasteiger partial charge >= 0.3 is 12.1 Å². The summed E-state index contributed by atoms with van der Waals surface area (Å²) in [5.74, 6) is -0.282. The van der Waals surface area contributed by atoms with E-state index in [-0.39, 0.29) is 12.4 Å². The van der Waals surface area contributed by atoms with E-state index in [0.717, 1.165) is 6.07 Å². The molecule has 0 unspecified atom stereocenters. The molecule has 0 radical (unpaired) electrons. The fraction of sp³-hybridized carbons (Fsp3) is 0.545. The van der Waals surface area contributed by atoms with Crippen molar-refractivity contribution in [2.45, 2.75) is 19.5 Å². The maximum Gasteiger partial charge on any atom is 0.435 e. The molecule has 0 bridgehead atoms. The second kappa shape index (κ2) is 6.35. The van der Waals surface area contributed by atoms with Crippen LogP contribution in [0.25, 0.3) is 0 Å². The number of carbonyl (C=O) groups is 1. The summed E-state index contributed by atoms with van der Waals surface area (Å²) < 4.78 is 41.5. The monoisotopic (exact) mass is 277 g/mol. The molecule has 8 heteroatoms. The second-order valence-corrected chi connectivity index (χ2v) is 3.77. The standard InChI is InChI=1S/C11H14F3N3O2/c1-3-6-17(7-10(18)19-2)9-5-4-8(15-16-9)11(12,13)14/h4-5H,3,6-7H2,1-2H3. The minimum absolute atomic E-state index is 0.0790. The molecule has 106 valence electrons. The predicted molar refractivity (Wildman–Crippen MR) is 61.6 cm³/mol. The first-order valence-corrected chi connectivity index (χ1v) is 5.61. The van der Waals surface area contributed by atoms with Crippen molar-refractivity contribution in [3.63, 3.8) is 0 Å². The summed E-state index contributed by atoms with van der Waals surface area (Å²) in [7, 11) is 1.24. The summed E-state index contributed by atoms with van der Waals surface area (Å²) >= 11 is 0. The fourth-order valence-electron chi connectivity index (χ4n) is 1.41. The van der Waals surface area contributed by atoms with Crippen LogP contribution < -0.4 is 4.90 Å². The number of carbonyl (C=O) groups excluding carboxylic acids is 1. The van der Waals surface area contributed by atoms with Crippen LogP contribution in [0, 0.1) is 0 Å². The molecule has 0 saturated heterocycles. The molecule has 0 fully saturated rings. The van der Waals surface area contributed by atoms with Crippen LogP contribution in [0.15, 0.2) is 12.1 Å². The molecule has 19 heavy (non-hydrogen) atoms. The molecule has 1 aromatic heterocycles. The molecule has 0 aromatic carbocycles. The summed E-state index contributed by atoms with van der Waals surface area (Å²) in [6.45, 7) is 2.27. The molecule has 1 rings (SSSR count). The van der Waals surface area contributed by atoms with Gasteiger partial charge in [-0.1, -0.05) is 6.92 Å². The number of methoxy groups -OCH3 is 1. The molecule has 0 saturated carbocycles. The number of rotatable bonds is 5. The Morgan fingerprint density at radius 1 is 1.37 bits per heavy atom. The zero-order valence-corrected chi connectivity index (χ0v) is 10.6. The molecule has 1 heterocycles. The number of anilines is 1. The minimum Gasteiger partial charge on any atom is -0.468 e. The van der Waals surface area contributed by atoms with E-state index < -0.39 is 17.8 Å². The average molecular weight is 277 g/mol. The van der Waals surface area contributed by atoms with E-state index in [1.54, 1.807) is 0 Å². The van der Waals surface area contributed by atoms with Crippen molar-refractivity contribution in [1.29, 1.82) is 0 Å². The first kappa shape index (κ1) is 15.2. The summed E-state index contributed by atoms with van der Waals surface area (Å²) in [4.78, 5) is 12.7. The number of alkyl halides is 3. The van der Waals surface area contributed by atoms with Gasteiger partial charge in [0.05, 0.1) is 7.11 Å². The van der Waals surface area contributed by atoms with Gasteiger partial charge in [0.2, 0.25) is 0 Å². The van der Waals surface area contributed by atoms with Crippen LogP contribution >= 0.6 is 0 Å². The summed E-state index contributed by atoms with van der Waals surface area (Å²) in [5.41, 5.74) is -1.06. The molecule has 5 nitrogen and oxygen atoms in total. The average Bonchev–Trinajstić information content (AvgIpc) is 2.37. The Bertz CT molecular complexity index is 420. The van der Waals surface area contributed by atoms with Gasteiger partial charge in [0.15, 0.2) is 11.5 Å². The van der Waals surface area contributed by atoms with E-state index in [4.69, 9.17) is 0 Å². The van der Waals surface area contributed by atoms with Crippen LogP contribution in [-0.4, -0.2) is 36.4 Å². The third-order valence-corrected chi connectivity index (χ3v) is 2.31. The van der Waals surface area contributed by atoms with Gasteiger partial charge in [-0.2, -0.15) is 13.2 Å². The van der Waals surface area contributed by atoms with Crippen molar-refractivity contribution in [3.8, 4) is 0 Å². The molecule has 0 aliphatic rings. The zero-order chi connectivity index (χ0) is 14.5. The van der Waals surface area contributed by atoms with E-state index in [9.17, 15) is 18.0 Å². The third kappa shape index (κ3) is 4.38. The van der Waals surface area contributed by atoms with E-state index in [0.29, 0.717) is 13.0 Å². The quantitative estimate of drug-likeness (QED) is 0.769. The molecule has 0 atom stereocenters. The highest BCUT2D eigenvalue weighted by Crippen LogP contribution is 2.27. The highest BCUT2D eigenvalue weighted by atomic mass is 19.4. The number of ether oxygens (including phenoxy) is 1. The van der Waals surface area contributed by atoms with Crippen LogP contribution in [0.2, 0.25) is 0 Å². The lowest BCUT2D eigenvalue weighted by atomic mass is 10.3. The van der Waals surface area contributed by atoms with E-state index in [1.165, 1.54) is 18.1 Å². The van der Waals surface area contributed by atoms with Gasteiger partial charge in [-0.15, -0.1) is 10.2 Å². The third-order valence-electron chi connectivity index (χ3n) is 2.31. The first-order chi connectivity index (χ1) is 8.88. The summed E-state index contributed by atoms with van der Waals surface area (Å²) in [6.07, 6.45) is -3.82. The van der Waals surface area contributed by atoms with Gasteiger partial charge in [0.25, 0.3) is 0 Å². The molecule has 0 aliphatic carbocycles. The van der Waals surface area contributed by atoms with Crippen molar-refractivity contribution in [1.82, 2.24) is 10.2 Å². The lowest BCUT2D eigenvalue weighted by Crippen LogP contribution is -2.32. The second-order valence-electron chi connectivity index (χ2n) is 3.77. The molecule has 0 aliphatic heterocycles. The van der Waals surface area contributed by atoms with Crippen LogP contribution in [0.1, 0.15) is 19.0 Å². The number of aromatic nitrogens is 2. The van der Waals surface area contributed by atoms with Crippen LogP contribution in [0.3, 0.4) is 0 Å². The largest absolute Gasteiger partial charge is 0.468 e. The number of halogens is 3. The number of hydrogen-bond donors (Lipinski definition) is 0. The molecular formula is C11H14F3N3O2. The van der Waals surface area contributed by atoms with Gasteiger partial charge < -0.3 is 9.64 Å². The highest BCUT2D eigenvalue weighted by molar-refractivity contribution is 5.75. The smallest absolute Gasteiger partial charge is 0.435 e. The highest BCUT2D eigenvalue weighted by Gasteiger charge is 2.33. The Kier molecular flexibility index (Phi) is 5.08. The lowest BCUT2D eigenvalue weighted by Gasteiger charge is -2.21. The Morgan fingerprint density at radius 2 is 2.05 bits per heavy atom. The van der Waals surface area contributed by atoms with Crippen LogP contribution in [0.5, 0.6) is 0 Å². The Hall–Kier alpha value is -1.86. The van der Waals surface area contributed by atoms with Gasteiger partial charge in [-0.3, -0.25) is 4.79 Å². The Balaban J connectivity index is 2.88. The van der Waals surface area contributed by atoms with Crippen LogP contribution in [-0.2, 0) is 15.7 Å². The van der Waals surface area contributed by atoms with E-state index in [1.807, 2.05) is 6.92 Å². The SMILES string of the molecule is CCCN(CC(=O)OC)c1ccc(C(F)(F)F)nn1. The zero-order valence-electron chi connectivity index (χ0n) is 10.6. The molecule has 0 amide bonds. The maximum absolute atomic E-state index is 12.3. The van der Waals surface area contributed by atoms with Crippen molar-refractivity contribution < 1.29 is 22.7 Å². The Morgan fingerprint density at radius 3 is 2.47 bits per heavy atom. The fourth-order valence-corrected chi connectivity index (χ4v) is 1.41. The summed E-state index contributed by atoms with van der Waals surface area (Å²) in [6, 6.07) is 2.02. The molecule has 0 N–H and O–H groups in total. The summed E-state index contributed by atoms with van der Waals surface area (Å²) in [5, 5.41) is 6.62.